The molecule has 3 N–H and O–H groups in total. The molecule has 2 heterocycles. The summed E-state index contributed by atoms with van der Waals surface area (Å²) in [7, 11) is 0. The van der Waals surface area contributed by atoms with Crippen LogP contribution in [0.4, 0.5) is 5.69 Å². The van der Waals surface area contributed by atoms with Gasteiger partial charge in [0.1, 0.15) is 0 Å². The van der Waals surface area contributed by atoms with Crippen LogP contribution in [0.2, 0.25) is 0 Å². The van der Waals surface area contributed by atoms with E-state index in [1.54, 1.807) is 24.5 Å². The van der Waals surface area contributed by atoms with E-state index in [4.69, 9.17) is 5.73 Å². The summed E-state index contributed by atoms with van der Waals surface area (Å²) in [4.78, 5) is 30.7. The first-order valence-electron chi connectivity index (χ1n) is 10.9. The minimum atomic E-state index is -1.01. The topological polar surface area (TPSA) is 96.5 Å². The van der Waals surface area contributed by atoms with E-state index < -0.39 is 17.8 Å². The summed E-state index contributed by atoms with van der Waals surface area (Å²) in [6.45, 7) is 1.96. The number of rotatable bonds is 7. The van der Waals surface area contributed by atoms with Gasteiger partial charge in [0.05, 0.1) is 11.5 Å². The van der Waals surface area contributed by atoms with Gasteiger partial charge in [0.15, 0.2) is 0 Å². The number of carbonyl (C=O) groups excluding carboxylic acids is 1. The number of carboxylic acids is 1. The van der Waals surface area contributed by atoms with Crippen molar-refractivity contribution in [2.24, 2.45) is 5.73 Å². The number of aromatic carboxylic acids is 1. The molecule has 0 aliphatic carbocycles. The lowest BCUT2D eigenvalue weighted by Gasteiger charge is -2.34. The van der Waals surface area contributed by atoms with Crippen molar-refractivity contribution in [3.8, 4) is 0 Å². The molecule has 1 aromatic heterocycles. The molecule has 0 radical (unpaired) electrons. The van der Waals surface area contributed by atoms with Gasteiger partial charge in [-0.3, -0.25) is 9.78 Å². The van der Waals surface area contributed by atoms with Crippen molar-refractivity contribution < 1.29 is 14.7 Å². The van der Waals surface area contributed by atoms with Crippen LogP contribution in [0, 0.1) is 0 Å². The predicted molar refractivity (Wildman–Crippen MR) is 124 cm³/mol. The normalized spacial score (nSPS) is 15.7. The molecule has 4 rings (SSSR count). The van der Waals surface area contributed by atoms with E-state index in [2.05, 4.69) is 22.0 Å². The van der Waals surface area contributed by atoms with Gasteiger partial charge in [-0.2, -0.15) is 0 Å². The highest BCUT2D eigenvalue weighted by molar-refractivity contribution is 5.88. The van der Waals surface area contributed by atoms with E-state index in [-0.39, 0.29) is 11.5 Å². The summed E-state index contributed by atoms with van der Waals surface area (Å²) >= 11 is 0. The lowest BCUT2D eigenvalue weighted by Crippen LogP contribution is -2.32. The molecule has 1 fully saturated rings. The first-order chi connectivity index (χ1) is 15.6. The molecule has 0 saturated carbocycles. The van der Waals surface area contributed by atoms with E-state index >= 15 is 0 Å². The van der Waals surface area contributed by atoms with Crippen LogP contribution >= 0.6 is 0 Å². The summed E-state index contributed by atoms with van der Waals surface area (Å²) in [5.41, 5.74) is 9.94. The fourth-order valence-electron chi connectivity index (χ4n) is 4.65. The van der Waals surface area contributed by atoms with Gasteiger partial charge in [0.25, 0.3) is 0 Å². The number of aromatic nitrogens is 1. The Labute approximate surface area is 187 Å². The lowest BCUT2D eigenvalue weighted by atomic mass is 9.76. The molecule has 1 amide bonds. The third-order valence-electron chi connectivity index (χ3n) is 6.19. The molecule has 1 aliphatic rings. The monoisotopic (exact) mass is 429 g/mol. The Morgan fingerprint density at radius 3 is 2.16 bits per heavy atom. The number of amides is 1. The van der Waals surface area contributed by atoms with Crippen molar-refractivity contribution in [1.82, 2.24) is 4.98 Å². The van der Waals surface area contributed by atoms with Crippen molar-refractivity contribution in [2.75, 3.05) is 18.0 Å². The Hall–Kier alpha value is -3.67. The van der Waals surface area contributed by atoms with Gasteiger partial charge >= 0.3 is 5.97 Å². The summed E-state index contributed by atoms with van der Waals surface area (Å²) < 4.78 is 0. The maximum absolute atomic E-state index is 12.9. The van der Waals surface area contributed by atoms with Gasteiger partial charge in [-0.15, -0.1) is 0 Å². The van der Waals surface area contributed by atoms with Gasteiger partial charge < -0.3 is 15.7 Å². The predicted octanol–water partition coefficient (Wildman–Crippen LogP) is 4.17. The molecule has 3 aromatic rings. The van der Waals surface area contributed by atoms with Crippen molar-refractivity contribution in [3.63, 3.8) is 0 Å². The molecule has 6 heteroatoms. The van der Waals surface area contributed by atoms with Crippen LogP contribution in [0.15, 0.2) is 73.1 Å². The second-order valence-electron chi connectivity index (χ2n) is 8.17. The van der Waals surface area contributed by atoms with E-state index in [1.165, 1.54) is 18.6 Å². The molecule has 2 aromatic carbocycles. The second kappa shape index (κ2) is 9.64. The quantitative estimate of drug-likeness (QED) is 0.588. The smallest absolute Gasteiger partial charge is 0.335 e. The van der Waals surface area contributed by atoms with Crippen LogP contribution in [0.25, 0.3) is 0 Å². The van der Waals surface area contributed by atoms with Crippen molar-refractivity contribution in [2.45, 2.75) is 31.1 Å². The summed E-state index contributed by atoms with van der Waals surface area (Å²) in [6.07, 6.45) is 6.95. The number of anilines is 1. The molecular weight excluding hydrogens is 402 g/mol. The number of hydrogen-bond acceptors (Lipinski definition) is 4. The first kappa shape index (κ1) is 21.6. The van der Waals surface area contributed by atoms with E-state index in [9.17, 15) is 14.7 Å². The Morgan fingerprint density at radius 1 is 0.875 bits per heavy atom. The number of pyridine rings is 1. The Bertz CT molecular complexity index is 1080. The number of primary amides is 1. The Balaban J connectivity index is 1.86. The number of carboxylic acid groups (broad SMARTS) is 1. The van der Waals surface area contributed by atoms with Gasteiger partial charge in [-0.1, -0.05) is 30.3 Å². The van der Waals surface area contributed by atoms with Crippen molar-refractivity contribution >= 4 is 17.6 Å². The summed E-state index contributed by atoms with van der Waals surface area (Å²) in [5.74, 6) is -2.45. The largest absolute Gasteiger partial charge is 0.478 e. The average molecular weight is 430 g/mol. The number of nitrogens with two attached hydrogens (primary N) is 1. The number of hydrogen-bond donors (Lipinski definition) is 2. The third-order valence-corrected chi connectivity index (χ3v) is 6.19. The van der Waals surface area contributed by atoms with Crippen LogP contribution in [0.1, 0.15) is 58.1 Å². The van der Waals surface area contributed by atoms with Gasteiger partial charge in [0, 0.05) is 37.1 Å². The standard InChI is InChI=1S/C26H27N3O3/c27-25(30)24(18-8-10-20(11-9-18)26(31)32)23(19-12-14-28-15-13-19)21-6-2-3-7-22(21)29-16-4-1-5-17-29/h2-3,6-15,23-24H,1,4-5,16-17H2,(H2,27,30)(H,31,32). The molecule has 6 nitrogen and oxygen atoms in total. The highest BCUT2D eigenvalue weighted by Gasteiger charge is 2.33. The Kier molecular flexibility index (Phi) is 6.50. The average Bonchev–Trinajstić information content (AvgIpc) is 2.83. The van der Waals surface area contributed by atoms with Crippen molar-refractivity contribution in [3.05, 3.63) is 95.3 Å². The number of carbonyl (C=O) groups is 2. The van der Waals surface area contributed by atoms with Crippen LogP contribution in [0.5, 0.6) is 0 Å². The molecule has 2 atom stereocenters. The zero-order valence-corrected chi connectivity index (χ0v) is 17.9. The second-order valence-corrected chi connectivity index (χ2v) is 8.17. The van der Waals surface area contributed by atoms with Crippen LogP contribution < -0.4 is 10.6 Å². The first-order valence-corrected chi connectivity index (χ1v) is 10.9. The van der Waals surface area contributed by atoms with E-state index in [0.717, 1.165) is 42.7 Å². The van der Waals surface area contributed by atoms with Crippen molar-refractivity contribution in [1.29, 1.82) is 0 Å². The molecule has 32 heavy (non-hydrogen) atoms. The van der Waals surface area contributed by atoms with Crippen LogP contribution in [-0.2, 0) is 4.79 Å². The zero-order chi connectivity index (χ0) is 22.5. The Morgan fingerprint density at radius 2 is 1.53 bits per heavy atom. The minimum absolute atomic E-state index is 0.172. The fraction of sp³-hybridized carbons (Fsp3) is 0.269. The molecule has 1 saturated heterocycles. The minimum Gasteiger partial charge on any atom is -0.478 e. The molecule has 164 valence electrons. The maximum Gasteiger partial charge on any atom is 0.335 e. The van der Waals surface area contributed by atoms with E-state index in [1.807, 2.05) is 24.3 Å². The zero-order valence-electron chi connectivity index (χ0n) is 17.9. The van der Waals surface area contributed by atoms with Crippen LogP contribution in [-0.4, -0.2) is 35.1 Å². The fourth-order valence-corrected chi connectivity index (χ4v) is 4.65. The van der Waals surface area contributed by atoms with Gasteiger partial charge in [-0.25, -0.2) is 4.79 Å². The van der Waals surface area contributed by atoms with Crippen LogP contribution in [0.3, 0.4) is 0 Å². The lowest BCUT2D eigenvalue weighted by molar-refractivity contribution is -0.119. The molecule has 0 spiro atoms. The maximum atomic E-state index is 12.9. The highest BCUT2D eigenvalue weighted by Crippen LogP contribution is 2.42. The summed E-state index contributed by atoms with van der Waals surface area (Å²) in [5, 5.41) is 9.27. The molecule has 1 aliphatic heterocycles. The molecule has 2 unspecified atom stereocenters. The highest BCUT2D eigenvalue weighted by atomic mass is 16.4. The molecular formula is C26H27N3O3. The van der Waals surface area contributed by atoms with E-state index in [0.29, 0.717) is 5.56 Å². The van der Waals surface area contributed by atoms with Gasteiger partial charge in [-0.05, 0) is 66.3 Å². The SMILES string of the molecule is NC(=O)C(c1ccc(C(=O)O)cc1)C(c1ccncc1)c1ccccc1N1CCCCC1. The summed E-state index contributed by atoms with van der Waals surface area (Å²) in [6, 6.07) is 18.4. The number of nitrogens with zero attached hydrogens (tertiary/aromatic N) is 2. The number of piperidine rings is 1. The van der Waals surface area contributed by atoms with Gasteiger partial charge in [0.2, 0.25) is 5.91 Å². The number of para-hydroxylation sites is 1. The number of benzene rings is 2. The third kappa shape index (κ3) is 4.49. The molecule has 0 bridgehead atoms.